The lowest BCUT2D eigenvalue weighted by atomic mass is 9.91. The van der Waals surface area contributed by atoms with Crippen LogP contribution in [0.2, 0.25) is 0 Å². The molecule has 136 valence electrons. The molecule has 2 saturated heterocycles. The summed E-state index contributed by atoms with van der Waals surface area (Å²) in [4.78, 5) is 30.8. The average molecular weight is 348 g/mol. The van der Waals surface area contributed by atoms with Gasteiger partial charge in [-0.2, -0.15) is 0 Å². The summed E-state index contributed by atoms with van der Waals surface area (Å²) >= 11 is 0. The monoisotopic (exact) mass is 348 g/mol. The molecule has 3 heterocycles. The van der Waals surface area contributed by atoms with Crippen molar-refractivity contribution < 1.29 is 14.5 Å². The number of pyridine rings is 1. The summed E-state index contributed by atoms with van der Waals surface area (Å²) < 4.78 is 5.58. The molecule has 0 spiro atoms. The van der Waals surface area contributed by atoms with E-state index in [1.165, 1.54) is 12.3 Å². The summed E-state index contributed by atoms with van der Waals surface area (Å²) in [5, 5.41) is 10.8. The van der Waals surface area contributed by atoms with Crippen molar-refractivity contribution in [3.8, 4) is 0 Å². The highest BCUT2D eigenvalue weighted by Crippen LogP contribution is 2.32. The largest absolute Gasteiger partial charge is 0.444 e. The molecule has 1 amide bonds. The van der Waals surface area contributed by atoms with Gasteiger partial charge in [-0.25, -0.2) is 4.79 Å². The number of aromatic nitrogens is 1. The van der Waals surface area contributed by atoms with Gasteiger partial charge in [0.1, 0.15) is 5.60 Å². The molecule has 0 saturated carbocycles. The van der Waals surface area contributed by atoms with Crippen LogP contribution in [0, 0.1) is 10.1 Å². The first-order chi connectivity index (χ1) is 11.7. The van der Waals surface area contributed by atoms with Crippen LogP contribution < -0.4 is 4.90 Å². The molecule has 2 aliphatic heterocycles. The van der Waals surface area contributed by atoms with E-state index in [9.17, 15) is 14.9 Å². The predicted octanol–water partition coefficient (Wildman–Crippen LogP) is 2.97. The van der Waals surface area contributed by atoms with Crippen molar-refractivity contribution in [1.29, 1.82) is 0 Å². The van der Waals surface area contributed by atoms with Gasteiger partial charge in [-0.05, 0) is 56.0 Å². The van der Waals surface area contributed by atoms with Crippen LogP contribution in [-0.4, -0.2) is 51.7 Å². The normalized spacial score (nSPS) is 23.3. The van der Waals surface area contributed by atoms with Gasteiger partial charge in [-0.3, -0.25) is 4.90 Å². The van der Waals surface area contributed by atoms with Crippen LogP contribution in [0.25, 0.3) is 0 Å². The van der Waals surface area contributed by atoms with E-state index in [0.717, 1.165) is 24.9 Å². The van der Waals surface area contributed by atoms with E-state index in [-0.39, 0.29) is 24.0 Å². The second kappa shape index (κ2) is 6.50. The minimum absolute atomic E-state index is 0.0949. The number of ether oxygens (including phenoxy) is 1. The molecular weight excluding hydrogens is 324 g/mol. The second-order valence-electron chi connectivity index (χ2n) is 7.66. The Morgan fingerprint density at radius 3 is 2.40 bits per heavy atom. The maximum Gasteiger partial charge on any atom is 0.410 e. The van der Waals surface area contributed by atoms with Crippen molar-refractivity contribution in [1.82, 2.24) is 9.88 Å². The molecule has 0 N–H and O–H groups in total. The van der Waals surface area contributed by atoms with Crippen LogP contribution in [0.4, 0.5) is 16.3 Å². The Hall–Kier alpha value is -2.38. The number of piperidine rings is 1. The van der Waals surface area contributed by atoms with Gasteiger partial charge in [0.25, 0.3) is 0 Å². The molecule has 8 heteroatoms. The van der Waals surface area contributed by atoms with Crippen LogP contribution in [0.1, 0.15) is 40.0 Å². The Labute approximate surface area is 146 Å². The molecule has 3 rings (SSSR count). The Morgan fingerprint density at radius 2 is 1.92 bits per heavy atom. The molecule has 2 fully saturated rings. The van der Waals surface area contributed by atoms with Gasteiger partial charge in [-0.15, -0.1) is 0 Å². The summed E-state index contributed by atoms with van der Waals surface area (Å²) in [7, 11) is 0. The SMILES string of the molecule is CC(C)(C)OC(=O)N1C2CCCC1CN(c1ccc([N+](=O)[O-])nc1)C2. The molecule has 0 radical (unpaired) electrons. The van der Waals surface area contributed by atoms with Crippen LogP contribution >= 0.6 is 0 Å². The van der Waals surface area contributed by atoms with E-state index in [4.69, 9.17) is 4.74 Å². The molecule has 1 aromatic heterocycles. The van der Waals surface area contributed by atoms with Crippen molar-refractivity contribution in [2.75, 3.05) is 18.0 Å². The molecule has 25 heavy (non-hydrogen) atoms. The Bertz CT molecular complexity index is 642. The molecule has 2 aliphatic rings. The number of carbonyl (C=O) groups is 1. The Morgan fingerprint density at radius 1 is 1.28 bits per heavy atom. The fourth-order valence-electron chi connectivity index (χ4n) is 3.60. The number of amides is 1. The lowest BCUT2D eigenvalue weighted by Gasteiger charge is -2.50. The third-order valence-electron chi connectivity index (χ3n) is 4.61. The number of nitro groups is 1. The molecule has 8 nitrogen and oxygen atoms in total. The fraction of sp³-hybridized carbons (Fsp3) is 0.647. The summed E-state index contributed by atoms with van der Waals surface area (Å²) in [5.41, 5.74) is 0.344. The maximum absolute atomic E-state index is 12.6. The number of piperazine rings is 1. The number of carbonyl (C=O) groups excluding carboxylic acids is 1. The molecule has 0 aromatic carbocycles. The van der Waals surface area contributed by atoms with E-state index < -0.39 is 10.5 Å². The smallest absolute Gasteiger partial charge is 0.410 e. The van der Waals surface area contributed by atoms with Crippen molar-refractivity contribution in [2.24, 2.45) is 0 Å². The van der Waals surface area contributed by atoms with Crippen molar-refractivity contribution in [3.63, 3.8) is 0 Å². The van der Waals surface area contributed by atoms with Crippen molar-refractivity contribution in [2.45, 2.75) is 57.7 Å². The first kappa shape index (κ1) is 17.4. The Kier molecular flexibility index (Phi) is 4.53. The highest BCUT2D eigenvalue weighted by molar-refractivity contribution is 5.70. The predicted molar refractivity (Wildman–Crippen MR) is 92.6 cm³/mol. The van der Waals surface area contributed by atoms with Gasteiger partial charge >= 0.3 is 11.9 Å². The quantitative estimate of drug-likeness (QED) is 0.603. The number of nitrogens with zero attached hydrogens (tertiary/aromatic N) is 4. The van der Waals surface area contributed by atoms with E-state index in [2.05, 4.69) is 9.88 Å². The van der Waals surface area contributed by atoms with Gasteiger partial charge in [0, 0.05) is 19.2 Å². The zero-order chi connectivity index (χ0) is 18.2. The fourth-order valence-corrected chi connectivity index (χ4v) is 3.60. The third-order valence-corrected chi connectivity index (χ3v) is 4.61. The minimum atomic E-state index is -0.509. The highest BCUT2D eigenvalue weighted by Gasteiger charge is 2.42. The first-order valence-corrected chi connectivity index (χ1v) is 8.61. The Balaban J connectivity index is 1.74. The number of rotatable bonds is 2. The van der Waals surface area contributed by atoms with Crippen molar-refractivity contribution >= 4 is 17.6 Å². The second-order valence-corrected chi connectivity index (χ2v) is 7.66. The zero-order valence-electron chi connectivity index (χ0n) is 14.8. The lowest BCUT2D eigenvalue weighted by Crippen LogP contribution is -2.63. The van der Waals surface area contributed by atoms with E-state index >= 15 is 0 Å². The molecule has 1 aromatic rings. The first-order valence-electron chi connectivity index (χ1n) is 8.61. The summed E-state index contributed by atoms with van der Waals surface area (Å²) in [6, 6.07) is 3.34. The topological polar surface area (TPSA) is 88.8 Å². The van der Waals surface area contributed by atoms with Crippen LogP contribution in [-0.2, 0) is 4.74 Å². The average Bonchev–Trinajstić information content (AvgIpc) is 2.52. The van der Waals surface area contributed by atoms with Gasteiger partial charge in [0.05, 0.1) is 17.8 Å². The van der Waals surface area contributed by atoms with Gasteiger partial charge in [0.15, 0.2) is 6.20 Å². The van der Waals surface area contributed by atoms with Crippen LogP contribution in [0.15, 0.2) is 18.3 Å². The van der Waals surface area contributed by atoms with Crippen LogP contribution in [0.5, 0.6) is 0 Å². The number of hydrogen-bond donors (Lipinski definition) is 0. The maximum atomic E-state index is 12.6. The molecule has 2 bridgehead atoms. The van der Waals surface area contributed by atoms with Gasteiger partial charge < -0.3 is 19.8 Å². The third kappa shape index (κ3) is 3.83. The molecule has 2 atom stereocenters. The van der Waals surface area contributed by atoms with E-state index in [0.29, 0.717) is 13.1 Å². The molecular formula is C17H24N4O4. The zero-order valence-corrected chi connectivity index (χ0v) is 14.8. The lowest BCUT2D eigenvalue weighted by molar-refractivity contribution is -0.389. The number of fused-ring (bicyclic) bond motifs is 2. The summed E-state index contributed by atoms with van der Waals surface area (Å²) in [6.45, 7) is 7.00. The summed E-state index contributed by atoms with van der Waals surface area (Å²) in [5.74, 6) is -0.156. The van der Waals surface area contributed by atoms with Gasteiger partial charge in [-0.1, -0.05) is 0 Å². The standard InChI is InChI=1S/C17H24N4O4/c1-17(2,3)25-16(22)20-13-5-4-6-14(20)11-19(10-13)12-7-8-15(18-9-12)21(23)24/h7-9,13-14H,4-6,10-11H2,1-3H3. The van der Waals surface area contributed by atoms with Gasteiger partial charge in [0.2, 0.25) is 0 Å². The highest BCUT2D eigenvalue weighted by atomic mass is 16.6. The van der Waals surface area contributed by atoms with E-state index in [1.807, 2.05) is 25.7 Å². The molecule has 2 unspecified atom stereocenters. The number of anilines is 1. The summed E-state index contributed by atoms with van der Waals surface area (Å²) in [6.07, 6.45) is 4.26. The number of hydrogen-bond acceptors (Lipinski definition) is 6. The minimum Gasteiger partial charge on any atom is -0.444 e. The van der Waals surface area contributed by atoms with E-state index in [1.54, 1.807) is 6.07 Å². The molecule has 0 aliphatic carbocycles. The van der Waals surface area contributed by atoms with Crippen LogP contribution in [0.3, 0.4) is 0 Å². The van der Waals surface area contributed by atoms with Crippen molar-refractivity contribution in [3.05, 3.63) is 28.4 Å².